The zero-order valence-corrected chi connectivity index (χ0v) is 13.9. The van der Waals surface area contributed by atoms with E-state index in [1.165, 1.54) is 32.1 Å². The molecule has 1 aromatic heterocycles. The van der Waals surface area contributed by atoms with Gasteiger partial charge in [-0.15, -0.1) is 0 Å². The van der Waals surface area contributed by atoms with Crippen molar-refractivity contribution in [3.63, 3.8) is 0 Å². The molecule has 2 aromatic rings. The van der Waals surface area contributed by atoms with Crippen LogP contribution in [-0.2, 0) is 0 Å². The first kappa shape index (κ1) is 16.3. The molecule has 3 rings (SSSR count). The molecule has 0 aliphatic heterocycles. The maximum Gasteiger partial charge on any atom is 0.259 e. The van der Waals surface area contributed by atoms with Crippen LogP contribution in [0.1, 0.15) is 42.5 Å². The summed E-state index contributed by atoms with van der Waals surface area (Å²) in [6.45, 7) is 0. The van der Waals surface area contributed by atoms with Gasteiger partial charge in [0.2, 0.25) is 0 Å². The number of rotatable bonds is 5. The summed E-state index contributed by atoms with van der Waals surface area (Å²) in [4.78, 5) is 16.8. The van der Waals surface area contributed by atoms with E-state index in [0.29, 0.717) is 23.0 Å². The van der Waals surface area contributed by atoms with Crippen LogP contribution in [0.2, 0.25) is 0 Å². The van der Waals surface area contributed by atoms with E-state index in [1.807, 2.05) is 24.3 Å². The van der Waals surface area contributed by atoms with Crippen molar-refractivity contribution in [1.29, 1.82) is 0 Å². The normalized spacial score (nSPS) is 14.9. The Labute approximate surface area is 142 Å². The van der Waals surface area contributed by atoms with Gasteiger partial charge in [0.1, 0.15) is 11.6 Å². The molecule has 0 unspecified atom stereocenters. The van der Waals surface area contributed by atoms with Gasteiger partial charge in [-0.2, -0.15) is 0 Å². The quantitative estimate of drug-likeness (QED) is 0.869. The van der Waals surface area contributed by atoms with Gasteiger partial charge >= 0.3 is 0 Å². The monoisotopic (exact) mass is 325 g/mol. The van der Waals surface area contributed by atoms with E-state index in [9.17, 15) is 4.79 Å². The largest absolute Gasteiger partial charge is 0.496 e. The second-order valence-corrected chi connectivity index (χ2v) is 6.07. The van der Waals surface area contributed by atoms with E-state index in [1.54, 1.807) is 25.4 Å². The van der Waals surface area contributed by atoms with E-state index in [2.05, 4.69) is 15.6 Å². The van der Waals surface area contributed by atoms with Crippen LogP contribution in [0, 0.1) is 0 Å². The van der Waals surface area contributed by atoms with Gasteiger partial charge < -0.3 is 15.4 Å². The number of pyridine rings is 1. The molecule has 5 heteroatoms. The van der Waals surface area contributed by atoms with Crippen LogP contribution >= 0.6 is 0 Å². The van der Waals surface area contributed by atoms with Crippen LogP contribution in [0.3, 0.4) is 0 Å². The Morgan fingerprint density at radius 3 is 2.62 bits per heavy atom. The van der Waals surface area contributed by atoms with Gasteiger partial charge in [0.25, 0.3) is 5.91 Å². The van der Waals surface area contributed by atoms with Crippen molar-refractivity contribution in [2.24, 2.45) is 0 Å². The summed E-state index contributed by atoms with van der Waals surface area (Å²) in [6.07, 6.45) is 7.98. The fraction of sp³-hybridized carbons (Fsp3) is 0.368. The smallest absolute Gasteiger partial charge is 0.259 e. The molecule has 0 radical (unpaired) electrons. The highest BCUT2D eigenvalue weighted by molar-refractivity contribution is 6.06. The Morgan fingerprint density at radius 1 is 1.12 bits per heavy atom. The predicted molar refractivity (Wildman–Crippen MR) is 95.7 cm³/mol. The third-order valence-corrected chi connectivity index (χ3v) is 4.33. The summed E-state index contributed by atoms with van der Waals surface area (Å²) in [5, 5.41) is 6.32. The molecule has 2 N–H and O–H groups in total. The second-order valence-electron chi connectivity index (χ2n) is 6.07. The highest BCUT2D eigenvalue weighted by Crippen LogP contribution is 2.22. The predicted octanol–water partition coefficient (Wildman–Crippen LogP) is 4.09. The first-order chi connectivity index (χ1) is 11.8. The molecule has 1 heterocycles. The lowest BCUT2D eigenvalue weighted by Gasteiger charge is -2.23. The van der Waals surface area contributed by atoms with Gasteiger partial charge in [0.05, 0.1) is 24.6 Å². The number of ether oxygens (including phenoxy) is 1. The molecule has 1 fully saturated rings. The number of methoxy groups -OCH3 is 1. The lowest BCUT2D eigenvalue weighted by atomic mass is 9.95. The molecular formula is C19H23N3O2. The average molecular weight is 325 g/mol. The minimum absolute atomic E-state index is 0.206. The average Bonchev–Trinajstić information content (AvgIpc) is 2.64. The summed E-state index contributed by atoms with van der Waals surface area (Å²) in [7, 11) is 1.55. The molecule has 1 aliphatic rings. The van der Waals surface area contributed by atoms with E-state index in [-0.39, 0.29) is 5.91 Å². The van der Waals surface area contributed by atoms with E-state index in [4.69, 9.17) is 4.74 Å². The Kier molecular flexibility index (Phi) is 5.31. The summed E-state index contributed by atoms with van der Waals surface area (Å²) >= 11 is 0. The molecule has 126 valence electrons. The SMILES string of the molecule is COc1ccccc1C(=O)Nc1ccc(NC2CCCCC2)nc1. The maximum atomic E-state index is 12.4. The number of para-hydroxylation sites is 1. The Bertz CT molecular complexity index is 679. The number of aromatic nitrogens is 1. The van der Waals surface area contributed by atoms with E-state index in [0.717, 1.165) is 5.82 Å². The molecule has 0 saturated heterocycles. The number of nitrogens with zero attached hydrogens (tertiary/aromatic N) is 1. The number of hydrogen-bond donors (Lipinski definition) is 2. The van der Waals surface area contributed by atoms with Crippen molar-refractivity contribution in [2.45, 2.75) is 38.1 Å². The van der Waals surface area contributed by atoms with Crippen molar-refractivity contribution in [1.82, 2.24) is 4.98 Å². The van der Waals surface area contributed by atoms with Gasteiger partial charge in [0, 0.05) is 6.04 Å². The molecule has 5 nitrogen and oxygen atoms in total. The number of carbonyl (C=O) groups excluding carboxylic acids is 1. The number of carbonyl (C=O) groups is 1. The summed E-state index contributed by atoms with van der Waals surface area (Å²) in [6, 6.07) is 11.4. The van der Waals surface area contributed by atoms with Crippen molar-refractivity contribution in [3.8, 4) is 5.75 Å². The second kappa shape index (κ2) is 7.81. The summed E-state index contributed by atoms with van der Waals surface area (Å²) < 4.78 is 5.22. The third-order valence-electron chi connectivity index (χ3n) is 4.33. The summed E-state index contributed by atoms with van der Waals surface area (Å²) in [5.41, 5.74) is 1.17. The zero-order valence-electron chi connectivity index (χ0n) is 13.9. The van der Waals surface area contributed by atoms with Crippen molar-refractivity contribution in [3.05, 3.63) is 48.2 Å². The first-order valence-corrected chi connectivity index (χ1v) is 8.43. The Hall–Kier alpha value is -2.56. The fourth-order valence-corrected chi connectivity index (χ4v) is 3.04. The minimum Gasteiger partial charge on any atom is -0.496 e. The molecule has 24 heavy (non-hydrogen) atoms. The van der Waals surface area contributed by atoms with Crippen LogP contribution in [0.25, 0.3) is 0 Å². The summed E-state index contributed by atoms with van der Waals surface area (Å²) in [5.74, 6) is 1.21. The number of benzene rings is 1. The molecule has 1 aliphatic carbocycles. The van der Waals surface area contributed by atoms with E-state index < -0.39 is 0 Å². The zero-order chi connectivity index (χ0) is 16.8. The highest BCUT2D eigenvalue weighted by Gasteiger charge is 2.14. The van der Waals surface area contributed by atoms with Crippen LogP contribution in [-0.4, -0.2) is 24.0 Å². The van der Waals surface area contributed by atoms with Gasteiger partial charge in [0.15, 0.2) is 0 Å². The lowest BCUT2D eigenvalue weighted by molar-refractivity contribution is 0.102. The van der Waals surface area contributed by atoms with Crippen molar-refractivity contribution >= 4 is 17.4 Å². The van der Waals surface area contributed by atoms with E-state index >= 15 is 0 Å². The maximum absolute atomic E-state index is 12.4. The Balaban J connectivity index is 1.62. The minimum atomic E-state index is -0.206. The first-order valence-electron chi connectivity index (χ1n) is 8.43. The van der Waals surface area contributed by atoms with Crippen LogP contribution in [0.5, 0.6) is 5.75 Å². The molecule has 1 saturated carbocycles. The van der Waals surface area contributed by atoms with Crippen molar-refractivity contribution < 1.29 is 9.53 Å². The lowest BCUT2D eigenvalue weighted by Crippen LogP contribution is -2.22. The molecule has 1 aromatic carbocycles. The van der Waals surface area contributed by atoms with Crippen LogP contribution < -0.4 is 15.4 Å². The number of anilines is 2. The van der Waals surface area contributed by atoms with Gasteiger partial charge in [-0.05, 0) is 37.1 Å². The molecule has 0 spiro atoms. The van der Waals surface area contributed by atoms with Gasteiger partial charge in [-0.1, -0.05) is 31.4 Å². The molecule has 0 atom stereocenters. The topological polar surface area (TPSA) is 63.2 Å². The molecule has 0 bridgehead atoms. The molecular weight excluding hydrogens is 302 g/mol. The fourth-order valence-electron chi connectivity index (χ4n) is 3.04. The van der Waals surface area contributed by atoms with Gasteiger partial charge in [-0.3, -0.25) is 4.79 Å². The number of nitrogens with one attached hydrogen (secondary N) is 2. The van der Waals surface area contributed by atoms with Gasteiger partial charge in [-0.25, -0.2) is 4.98 Å². The third kappa shape index (κ3) is 4.04. The van der Waals surface area contributed by atoms with Crippen molar-refractivity contribution in [2.75, 3.05) is 17.7 Å². The Morgan fingerprint density at radius 2 is 1.92 bits per heavy atom. The highest BCUT2D eigenvalue weighted by atomic mass is 16.5. The van der Waals surface area contributed by atoms with Crippen LogP contribution in [0.4, 0.5) is 11.5 Å². The van der Waals surface area contributed by atoms with Crippen LogP contribution in [0.15, 0.2) is 42.6 Å². The number of amides is 1. The molecule has 1 amide bonds. The standard InChI is InChI=1S/C19H23N3O2/c1-24-17-10-6-5-9-16(17)19(23)22-15-11-12-18(20-13-15)21-14-7-3-2-4-8-14/h5-6,9-14H,2-4,7-8H2,1H3,(H,20,21)(H,22,23). The number of hydrogen-bond acceptors (Lipinski definition) is 4.